The van der Waals surface area contributed by atoms with Crippen molar-refractivity contribution in [1.82, 2.24) is 29.8 Å². The van der Waals surface area contributed by atoms with E-state index in [1.165, 1.54) is 0 Å². The van der Waals surface area contributed by atoms with Gasteiger partial charge in [-0.1, -0.05) is 32.1 Å². The van der Waals surface area contributed by atoms with E-state index in [9.17, 15) is 4.79 Å². The van der Waals surface area contributed by atoms with Gasteiger partial charge in [-0.25, -0.2) is 4.68 Å². The molecule has 1 amide bonds. The number of amides is 1. The number of ether oxygens (including phenoxy) is 1. The summed E-state index contributed by atoms with van der Waals surface area (Å²) in [6.45, 7) is 11.3. The molecule has 37 heavy (non-hydrogen) atoms. The van der Waals surface area contributed by atoms with Gasteiger partial charge >= 0.3 is 0 Å². The molecular weight excluding hydrogens is 468 g/mol. The highest BCUT2D eigenvalue weighted by molar-refractivity contribution is 6.03. The second-order valence-corrected chi connectivity index (χ2v) is 10.3. The van der Waals surface area contributed by atoms with Gasteiger partial charge < -0.3 is 15.0 Å². The van der Waals surface area contributed by atoms with Crippen molar-refractivity contribution in [2.75, 3.05) is 36.5 Å². The van der Waals surface area contributed by atoms with E-state index in [1.807, 2.05) is 43.6 Å². The first kappa shape index (κ1) is 24.6. The molecule has 4 aromatic rings. The van der Waals surface area contributed by atoms with Crippen molar-refractivity contribution >= 4 is 17.3 Å². The van der Waals surface area contributed by atoms with E-state index < -0.39 is 0 Å². The predicted octanol–water partition coefficient (Wildman–Crippen LogP) is 3.76. The summed E-state index contributed by atoms with van der Waals surface area (Å²) < 4.78 is 8.80. The lowest BCUT2D eigenvalue weighted by atomic mass is 9.92. The molecule has 0 saturated carbocycles. The van der Waals surface area contributed by atoms with E-state index in [1.54, 1.807) is 22.6 Å². The lowest BCUT2D eigenvalue weighted by molar-refractivity contribution is 0.101. The Kier molecular flexibility index (Phi) is 6.51. The molecule has 5 rings (SSSR count). The van der Waals surface area contributed by atoms with Gasteiger partial charge in [0, 0.05) is 43.0 Å². The van der Waals surface area contributed by atoms with E-state index in [-0.39, 0.29) is 11.3 Å². The fraction of sp³-hybridized carbons (Fsp3) is 0.370. The number of carbonyl (C=O) groups excluding carboxylic acids is 1. The van der Waals surface area contributed by atoms with Gasteiger partial charge in [-0.3, -0.25) is 14.5 Å². The van der Waals surface area contributed by atoms with Crippen LogP contribution < -0.4 is 10.2 Å². The Morgan fingerprint density at radius 2 is 1.86 bits per heavy atom. The number of hydrogen-bond donors (Lipinski definition) is 1. The van der Waals surface area contributed by atoms with Crippen molar-refractivity contribution in [1.29, 1.82) is 0 Å². The third-order valence-corrected chi connectivity index (χ3v) is 6.48. The number of morpholine rings is 1. The van der Waals surface area contributed by atoms with Gasteiger partial charge in [0.25, 0.3) is 5.91 Å². The van der Waals surface area contributed by atoms with Crippen molar-refractivity contribution in [3.63, 3.8) is 0 Å². The van der Waals surface area contributed by atoms with Crippen molar-refractivity contribution in [2.45, 2.75) is 33.1 Å². The van der Waals surface area contributed by atoms with Crippen LogP contribution in [-0.2, 0) is 17.2 Å². The Morgan fingerprint density at radius 1 is 1.08 bits per heavy atom. The van der Waals surface area contributed by atoms with Crippen LogP contribution in [0.1, 0.15) is 42.5 Å². The number of pyridine rings is 1. The summed E-state index contributed by atoms with van der Waals surface area (Å²) in [6.07, 6.45) is 5.54. The average Bonchev–Trinajstić information content (AvgIpc) is 3.53. The number of carbonyl (C=O) groups is 1. The zero-order valence-corrected chi connectivity index (χ0v) is 21.9. The summed E-state index contributed by atoms with van der Waals surface area (Å²) in [4.78, 5) is 19.7. The molecule has 10 nitrogen and oxygen atoms in total. The Bertz CT molecular complexity index is 1430. The maximum Gasteiger partial charge on any atom is 0.273 e. The molecule has 3 aromatic heterocycles. The highest BCUT2D eigenvalue weighted by Crippen LogP contribution is 2.26. The largest absolute Gasteiger partial charge is 0.378 e. The number of hydrogen-bond acceptors (Lipinski definition) is 7. The van der Waals surface area contributed by atoms with Gasteiger partial charge in [0.2, 0.25) is 0 Å². The molecule has 192 valence electrons. The van der Waals surface area contributed by atoms with Crippen molar-refractivity contribution in [3.8, 4) is 16.9 Å². The van der Waals surface area contributed by atoms with E-state index >= 15 is 0 Å². The molecule has 1 aliphatic rings. The molecule has 0 spiro atoms. The Balaban J connectivity index is 1.37. The number of nitrogens with one attached hydrogen (secondary N) is 1. The van der Waals surface area contributed by atoms with Crippen LogP contribution in [0.25, 0.3) is 16.9 Å². The lowest BCUT2D eigenvalue weighted by Gasteiger charge is -2.28. The number of aromatic nitrogens is 6. The molecule has 1 N–H and O–H groups in total. The normalized spacial score (nSPS) is 14.1. The summed E-state index contributed by atoms with van der Waals surface area (Å²) in [5.41, 5.74) is 6.38. The first-order valence-corrected chi connectivity index (χ1v) is 12.4. The third-order valence-electron chi connectivity index (χ3n) is 6.48. The molecule has 1 fully saturated rings. The SMILES string of the molecule is Cc1ccc(NC(=O)c2cc(C(C)(C)C)nn2C)cc1-n1cc(-c2cncc(N3CCOCC3)c2)nn1. The third kappa shape index (κ3) is 5.24. The van der Waals surface area contributed by atoms with Gasteiger partial charge in [0.1, 0.15) is 11.4 Å². The molecule has 1 saturated heterocycles. The first-order valence-electron chi connectivity index (χ1n) is 12.4. The number of rotatable bonds is 5. The predicted molar refractivity (Wildman–Crippen MR) is 142 cm³/mol. The Labute approximate surface area is 216 Å². The van der Waals surface area contributed by atoms with Crippen molar-refractivity contribution in [2.24, 2.45) is 7.05 Å². The van der Waals surface area contributed by atoms with Crippen molar-refractivity contribution in [3.05, 3.63) is 65.9 Å². The van der Waals surface area contributed by atoms with E-state index in [4.69, 9.17) is 4.74 Å². The molecule has 0 radical (unpaired) electrons. The minimum Gasteiger partial charge on any atom is -0.378 e. The number of benzene rings is 1. The smallest absolute Gasteiger partial charge is 0.273 e. The quantitative estimate of drug-likeness (QED) is 0.445. The minimum absolute atomic E-state index is 0.144. The second kappa shape index (κ2) is 9.78. The highest BCUT2D eigenvalue weighted by atomic mass is 16.5. The Morgan fingerprint density at radius 3 is 2.59 bits per heavy atom. The molecule has 1 aromatic carbocycles. The van der Waals surface area contributed by atoms with Gasteiger partial charge in [0.15, 0.2) is 0 Å². The maximum atomic E-state index is 13.0. The molecule has 4 heterocycles. The number of aryl methyl sites for hydroxylation is 2. The van der Waals surface area contributed by atoms with Gasteiger partial charge in [0.05, 0.1) is 42.7 Å². The molecule has 0 aliphatic carbocycles. The molecule has 0 bridgehead atoms. The van der Waals surface area contributed by atoms with Crippen LogP contribution in [0.4, 0.5) is 11.4 Å². The Hall–Kier alpha value is -4.05. The fourth-order valence-corrected chi connectivity index (χ4v) is 4.25. The monoisotopic (exact) mass is 500 g/mol. The molecule has 10 heteroatoms. The van der Waals surface area contributed by atoms with Gasteiger partial charge in [-0.15, -0.1) is 5.10 Å². The molecular formula is C27H32N8O2. The summed E-state index contributed by atoms with van der Waals surface area (Å²) >= 11 is 0. The average molecular weight is 501 g/mol. The van der Waals surface area contributed by atoms with Crippen LogP contribution in [0.15, 0.2) is 48.9 Å². The lowest BCUT2D eigenvalue weighted by Crippen LogP contribution is -2.36. The minimum atomic E-state index is -0.217. The highest BCUT2D eigenvalue weighted by Gasteiger charge is 2.22. The zero-order valence-electron chi connectivity index (χ0n) is 21.9. The van der Waals surface area contributed by atoms with Crippen LogP contribution in [0.3, 0.4) is 0 Å². The fourth-order valence-electron chi connectivity index (χ4n) is 4.25. The van der Waals surface area contributed by atoms with Crippen LogP contribution >= 0.6 is 0 Å². The van der Waals surface area contributed by atoms with Crippen molar-refractivity contribution < 1.29 is 9.53 Å². The second-order valence-electron chi connectivity index (χ2n) is 10.3. The van der Waals surface area contributed by atoms with Crippen LogP contribution in [0.5, 0.6) is 0 Å². The standard InChI is InChI=1S/C27H32N8O2/c1-18-6-7-20(29-26(36)24-14-25(27(2,3)4)31-33(24)5)13-23(18)35-17-22(30-32-35)19-12-21(16-28-15-19)34-8-10-37-11-9-34/h6-7,12-17H,8-11H2,1-5H3,(H,29,36). The van der Waals surface area contributed by atoms with Crippen LogP contribution in [-0.4, -0.2) is 62.0 Å². The van der Waals surface area contributed by atoms with Crippen LogP contribution in [0.2, 0.25) is 0 Å². The van der Waals surface area contributed by atoms with Gasteiger partial charge in [-0.2, -0.15) is 5.10 Å². The molecule has 0 atom stereocenters. The summed E-state index contributed by atoms with van der Waals surface area (Å²) in [5.74, 6) is -0.217. The maximum absolute atomic E-state index is 13.0. The van der Waals surface area contributed by atoms with E-state index in [2.05, 4.69) is 57.4 Å². The van der Waals surface area contributed by atoms with Gasteiger partial charge in [-0.05, 0) is 36.8 Å². The first-order chi connectivity index (χ1) is 17.7. The zero-order chi connectivity index (χ0) is 26.2. The summed E-state index contributed by atoms with van der Waals surface area (Å²) in [7, 11) is 1.78. The summed E-state index contributed by atoms with van der Waals surface area (Å²) in [5, 5.41) is 16.3. The van der Waals surface area contributed by atoms with E-state index in [0.717, 1.165) is 47.0 Å². The molecule has 1 aliphatic heterocycles. The van der Waals surface area contributed by atoms with Crippen LogP contribution in [0, 0.1) is 6.92 Å². The number of nitrogens with zero attached hydrogens (tertiary/aromatic N) is 7. The molecule has 0 unspecified atom stereocenters. The topological polar surface area (TPSA) is 103 Å². The number of anilines is 2. The summed E-state index contributed by atoms with van der Waals surface area (Å²) in [6, 6.07) is 9.65. The van der Waals surface area contributed by atoms with E-state index in [0.29, 0.717) is 24.6 Å².